The zero-order valence-corrected chi connectivity index (χ0v) is 13.5. The quantitative estimate of drug-likeness (QED) is 0.844. The Kier molecular flexibility index (Phi) is 5.39. The molecule has 1 heterocycles. The molecule has 2 rings (SSSR count). The molecule has 7 heteroatoms. The van der Waals surface area contributed by atoms with Crippen molar-refractivity contribution in [3.05, 3.63) is 41.0 Å². The third-order valence-electron chi connectivity index (χ3n) is 3.19. The summed E-state index contributed by atoms with van der Waals surface area (Å²) in [7, 11) is 0. The summed E-state index contributed by atoms with van der Waals surface area (Å²) in [5.74, 6) is -1.20. The second-order valence-electron chi connectivity index (χ2n) is 5.55. The number of rotatable bonds is 6. The summed E-state index contributed by atoms with van der Waals surface area (Å²) < 4.78 is 5.13. The normalized spacial score (nSPS) is 12.2. The molecular weight excluding hydrogens is 320 g/mol. The second kappa shape index (κ2) is 7.28. The molecule has 6 nitrogen and oxygen atoms in total. The van der Waals surface area contributed by atoms with Gasteiger partial charge in [-0.25, -0.2) is 4.79 Å². The minimum Gasteiger partial charge on any atom is -0.480 e. The third-order valence-corrected chi connectivity index (χ3v) is 3.52. The van der Waals surface area contributed by atoms with Gasteiger partial charge in [0.05, 0.1) is 5.02 Å². The number of benzene rings is 1. The number of carbonyl (C=O) groups is 2. The Morgan fingerprint density at radius 3 is 2.65 bits per heavy atom. The van der Waals surface area contributed by atoms with Crippen molar-refractivity contribution < 1.29 is 19.2 Å². The molecule has 0 fully saturated rings. The lowest BCUT2D eigenvalue weighted by molar-refractivity contribution is -0.139. The summed E-state index contributed by atoms with van der Waals surface area (Å²) in [4.78, 5) is 23.3. The fourth-order valence-corrected chi connectivity index (χ4v) is 2.32. The number of aliphatic carboxylic acids is 1. The van der Waals surface area contributed by atoms with E-state index >= 15 is 0 Å². The molecule has 1 aromatic carbocycles. The number of nitrogens with zero attached hydrogens (tertiary/aromatic N) is 1. The number of carboxylic acid groups (broad SMARTS) is 1. The predicted octanol–water partition coefficient (Wildman–Crippen LogP) is 3.22. The van der Waals surface area contributed by atoms with Crippen LogP contribution in [0, 0.1) is 5.92 Å². The highest BCUT2D eigenvalue weighted by Crippen LogP contribution is 2.27. The Hall–Kier alpha value is -2.34. The van der Waals surface area contributed by atoms with E-state index in [-0.39, 0.29) is 11.6 Å². The van der Waals surface area contributed by atoms with E-state index < -0.39 is 17.9 Å². The van der Waals surface area contributed by atoms with Crippen LogP contribution in [-0.4, -0.2) is 28.2 Å². The smallest absolute Gasteiger partial charge is 0.326 e. The SMILES string of the molecule is CC(C)C[C@H](NC(=O)c1cc(-c2ccccc2Cl)on1)C(=O)O. The predicted molar refractivity (Wildman–Crippen MR) is 85.3 cm³/mol. The fourth-order valence-electron chi connectivity index (χ4n) is 2.10. The maximum absolute atomic E-state index is 12.1. The molecule has 0 spiro atoms. The van der Waals surface area contributed by atoms with Gasteiger partial charge in [-0.05, 0) is 24.5 Å². The van der Waals surface area contributed by atoms with E-state index in [0.29, 0.717) is 22.8 Å². The van der Waals surface area contributed by atoms with Crippen molar-refractivity contribution in [1.82, 2.24) is 10.5 Å². The first-order valence-electron chi connectivity index (χ1n) is 7.13. The average molecular weight is 337 g/mol. The molecule has 122 valence electrons. The standard InChI is InChI=1S/C16H17ClN2O4/c1-9(2)7-13(16(21)22)18-15(20)12-8-14(23-19-12)10-5-3-4-6-11(10)17/h3-6,8-9,13H,7H2,1-2H3,(H,18,20)(H,21,22)/t13-/m0/s1. The maximum atomic E-state index is 12.1. The lowest BCUT2D eigenvalue weighted by atomic mass is 10.0. The van der Waals surface area contributed by atoms with Gasteiger partial charge in [0.15, 0.2) is 11.5 Å². The first kappa shape index (κ1) is 17.0. The van der Waals surface area contributed by atoms with Gasteiger partial charge in [-0.1, -0.05) is 42.7 Å². The van der Waals surface area contributed by atoms with E-state index in [0.717, 1.165) is 0 Å². The number of carboxylic acids is 1. The van der Waals surface area contributed by atoms with E-state index in [9.17, 15) is 9.59 Å². The van der Waals surface area contributed by atoms with Crippen molar-refractivity contribution in [2.45, 2.75) is 26.3 Å². The highest BCUT2D eigenvalue weighted by atomic mass is 35.5. The van der Waals surface area contributed by atoms with E-state index in [1.54, 1.807) is 24.3 Å². The van der Waals surface area contributed by atoms with Crippen LogP contribution in [0.2, 0.25) is 5.02 Å². The van der Waals surface area contributed by atoms with Gasteiger partial charge in [0.2, 0.25) is 0 Å². The number of hydrogen-bond donors (Lipinski definition) is 2. The second-order valence-corrected chi connectivity index (χ2v) is 5.96. The van der Waals surface area contributed by atoms with E-state index in [4.69, 9.17) is 21.2 Å². The number of aromatic nitrogens is 1. The molecule has 0 aliphatic heterocycles. The monoisotopic (exact) mass is 336 g/mol. The van der Waals surface area contributed by atoms with Gasteiger partial charge < -0.3 is 14.9 Å². The first-order valence-corrected chi connectivity index (χ1v) is 7.51. The molecular formula is C16H17ClN2O4. The molecule has 1 aromatic heterocycles. The average Bonchev–Trinajstić information content (AvgIpc) is 2.96. The zero-order valence-electron chi connectivity index (χ0n) is 12.7. The molecule has 0 aliphatic rings. The van der Waals surface area contributed by atoms with Crippen molar-refractivity contribution in [1.29, 1.82) is 0 Å². The summed E-state index contributed by atoms with van der Waals surface area (Å²) in [6.07, 6.45) is 0.330. The number of nitrogens with one attached hydrogen (secondary N) is 1. The van der Waals surface area contributed by atoms with Crippen LogP contribution in [0.15, 0.2) is 34.9 Å². The van der Waals surface area contributed by atoms with Crippen molar-refractivity contribution in [3.8, 4) is 11.3 Å². The Balaban J connectivity index is 2.15. The summed E-state index contributed by atoms with van der Waals surface area (Å²) in [6, 6.07) is 7.46. The van der Waals surface area contributed by atoms with Crippen LogP contribution in [-0.2, 0) is 4.79 Å². The van der Waals surface area contributed by atoms with Crippen LogP contribution in [0.25, 0.3) is 11.3 Å². The zero-order chi connectivity index (χ0) is 17.0. The van der Waals surface area contributed by atoms with Gasteiger partial charge in [-0.3, -0.25) is 4.79 Å². The Bertz CT molecular complexity index is 712. The van der Waals surface area contributed by atoms with E-state index in [1.807, 2.05) is 13.8 Å². The van der Waals surface area contributed by atoms with Crippen molar-refractivity contribution in [2.75, 3.05) is 0 Å². The van der Waals surface area contributed by atoms with Crippen LogP contribution in [0.4, 0.5) is 0 Å². The van der Waals surface area contributed by atoms with E-state index in [1.165, 1.54) is 6.07 Å². The first-order chi connectivity index (χ1) is 10.9. The molecule has 0 radical (unpaired) electrons. The van der Waals surface area contributed by atoms with Crippen molar-refractivity contribution >= 4 is 23.5 Å². The Morgan fingerprint density at radius 1 is 1.35 bits per heavy atom. The summed E-state index contributed by atoms with van der Waals surface area (Å²) in [5, 5.41) is 15.8. The topological polar surface area (TPSA) is 92.4 Å². The molecule has 0 saturated carbocycles. The van der Waals surface area contributed by atoms with Crippen LogP contribution in [0.1, 0.15) is 30.8 Å². The molecule has 2 aromatic rings. The van der Waals surface area contributed by atoms with Crippen molar-refractivity contribution in [3.63, 3.8) is 0 Å². The molecule has 1 atom stereocenters. The van der Waals surface area contributed by atoms with Crippen LogP contribution >= 0.6 is 11.6 Å². The summed E-state index contributed by atoms with van der Waals surface area (Å²) in [5.41, 5.74) is 0.618. The maximum Gasteiger partial charge on any atom is 0.326 e. The van der Waals surface area contributed by atoms with Gasteiger partial charge in [0, 0.05) is 11.6 Å². The number of carbonyl (C=O) groups excluding carboxylic acids is 1. The van der Waals surface area contributed by atoms with Gasteiger partial charge in [-0.2, -0.15) is 0 Å². The molecule has 23 heavy (non-hydrogen) atoms. The minimum absolute atomic E-state index is 0.00919. The van der Waals surface area contributed by atoms with Gasteiger partial charge in [0.25, 0.3) is 5.91 Å². The molecule has 0 saturated heterocycles. The Morgan fingerprint density at radius 2 is 2.04 bits per heavy atom. The van der Waals surface area contributed by atoms with Crippen LogP contribution in [0.3, 0.4) is 0 Å². The fraction of sp³-hybridized carbons (Fsp3) is 0.312. The minimum atomic E-state index is -1.08. The summed E-state index contributed by atoms with van der Waals surface area (Å²) >= 11 is 6.06. The van der Waals surface area contributed by atoms with Crippen molar-refractivity contribution in [2.24, 2.45) is 5.92 Å². The number of amides is 1. The largest absolute Gasteiger partial charge is 0.480 e. The Labute approximate surface area is 138 Å². The van der Waals surface area contributed by atoms with Gasteiger partial charge in [-0.15, -0.1) is 0 Å². The lowest BCUT2D eigenvalue weighted by Crippen LogP contribution is -2.41. The van der Waals surface area contributed by atoms with Crippen LogP contribution in [0.5, 0.6) is 0 Å². The molecule has 2 N–H and O–H groups in total. The molecule has 1 amide bonds. The molecule has 0 unspecified atom stereocenters. The molecule has 0 aliphatic carbocycles. The van der Waals surface area contributed by atoms with Crippen LogP contribution < -0.4 is 5.32 Å². The third kappa shape index (κ3) is 4.32. The van der Waals surface area contributed by atoms with Gasteiger partial charge >= 0.3 is 5.97 Å². The molecule has 0 bridgehead atoms. The van der Waals surface area contributed by atoms with Gasteiger partial charge in [0.1, 0.15) is 6.04 Å². The number of halogens is 1. The lowest BCUT2D eigenvalue weighted by Gasteiger charge is -2.15. The highest BCUT2D eigenvalue weighted by molar-refractivity contribution is 6.33. The van der Waals surface area contributed by atoms with E-state index in [2.05, 4.69) is 10.5 Å². The highest BCUT2D eigenvalue weighted by Gasteiger charge is 2.23. The summed E-state index contributed by atoms with van der Waals surface area (Å²) in [6.45, 7) is 3.77. The number of hydrogen-bond acceptors (Lipinski definition) is 4.